The number of rotatable bonds is 1. The number of aromatic amines is 1. The fourth-order valence-corrected chi connectivity index (χ4v) is 4.74. The van der Waals surface area contributed by atoms with Crippen molar-refractivity contribution in [2.45, 2.75) is 18.4 Å². The van der Waals surface area contributed by atoms with Crippen LogP contribution >= 0.6 is 0 Å². The molecule has 1 fully saturated rings. The molecule has 0 unspecified atom stereocenters. The second kappa shape index (κ2) is 6.19. The van der Waals surface area contributed by atoms with E-state index in [0.29, 0.717) is 18.7 Å². The fourth-order valence-electron chi connectivity index (χ4n) is 4.74. The molecule has 0 saturated carbocycles. The highest BCUT2D eigenvalue weighted by Crippen LogP contribution is 2.48. The van der Waals surface area contributed by atoms with Crippen molar-refractivity contribution < 1.29 is 11.0 Å². The number of aromatic nitrogens is 4. The summed E-state index contributed by atoms with van der Waals surface area (Å²) < 4.78 is 8.43. The lowest BCUT2D eigenvalue weighted by Gasteiger charge is -2.44. The minimum Gasteiger partial charge on any atom is -0.482 e. The summed E-state index contributed by atoms with van der Waals surface area (Å²) in [6.45, 7) is 1.28. The van der Waals surface area contributed by atoms with Gasteiger partial charge < -0.3 is 9.64 Å². The first-order valence-electron chi connectivity index (χ1n) is 10.2. The number of nitrogens with zero attached hydrogens (tertiary/aromatic N) is 4. The van der Waals surface area contributed by atoms with Gasteiger partial charge in [-0.25, -0.2) is 0 Å². The van der Waals surface area contributed by atoms with Crippen LogP contribution in [-0.4, -0.2) is 43.9 Å². The minimum atomic E-state index is -0.441. The standard InChI is InChI=1S/C23H21N5O2.H2/c1-27-14-18-21(26-27)17-4-2-3-5-20(17)30-23(18)8-10-28(11-9-23)22(29)15-6-7-19-16(12-15)13-24-25-19;/h2-7,12-14H,8-11H2,1H3,(H,24,25);1H. The molecule has 2 aromatic carbocycles. The molecule has 30 heavy (non-hydrogen) atoms. The third-order valence-electron chi connectivity index (χ3n) is 6.31. The lowest BCUT2D eigenvalue weighted by molar-refractivity contribution is -0.00166. The molecule has 4 aromatic rings. The summed E-state index contributed by atoms with van der Waals surface area (Å²) in [5, 5.41) is 12.6. The molecule has 2 aliphatic rings. The van der Waals surface area contributed by atoms with Crippen LogP contribution in [-0.2, 0) is 12.6 Å². The molecule has 4 heterocycles. The summed E-state index contributed by atoms with van der Waals surface area (Å²) in [5.41, 5.74) is 4.33. The number of H-pyrrole nitrogens is 1. The first-order chi connectivity index (χ1) is 14.6. The number of hydrogen-bond donors (Lipinski definition) is 1. The van der Waals surface area contributed by atoms with E-state index in [2.05, 4.69) is 22.5 Å². The molecule has 1 N–H and O–H groups in total. The number of fused-ring (bicyclic) bond motifs is 5. The normalized spacial score (nSPS) is 16.9. The molecule has 7 nitrogen and oxygen atoms in total. The van der Waals surface area contributed by atoms with E-state index in [-0.39, 0.29) is 7.33 Å². The molecule has 0 aliphatic carbocycles. The van der Waals surface area contributed by atoms with Crippen molar-refractivity contribution in [1.29, 1.82) is 0 Å². The third-order valence-corrected chi connectivity index (χ3v) is 6.31. The van der Waals surface area contributed by atoms with Crippen LogP contribution in [0.2, 0.25) is 0 Å². The van der Waals surface area contributed by atoms with Crippen molar-refractivity contribution in [2.24, 2.45) is 7.05 Å². The van der Waals surface area contributed by atoms with E-state index >= 15 is 0 Å². The van der Waals surface area contributed by atoms with Gasteiger partial charge in [-0.05, 0) is 30.3 Å². The number of hydrogen-bond acceptors (Lipinski definition) is 4. The molecule has 1 amide bonds. The van der Waals surface area contributed by atoms with E-state index in [9.17, 15) is 4.79 Å². The molecule has 2 aliphatic heterocycles. The zero-order valence-corrected chi connectivity index (χ0v) is 16.6. The van der Waals surface area contributed by atoms with E-state index in [1.807, 2.05) is 53.0 Å². The van der Waals surface area contributed by atoms with Crippen LogP contribution in [0.3, 0.4) is 0 Å². The molecule has 6 rings (SSSR count). The zero-order chi connectivity index (χ0) is 20.3. The predicted octanol–water partition coefficient (Wildman–Crippen LogP) is 3.73. The molecule has 0 bridgehead atoms. The number of para-hydroxylation sites is 1. The lowest BCUT2D eigenvalue weighted by atomic mass is 9.81. The van der Waals surface area contributed by atoms with Crippen LogP contribution in [0, 0.1) is 0 Å². The molecule has 0 atom stereocenters. The Balaban J connectivity index is 0.00000204. The second-order valence-electron chi connectivity index (χ2n) is 8.12. The van der Waals surface area contributed by atoms with Crippen molar-refractivity contribution in [2.75, 3.05) is 13.1 Å². The molecule has 7 heteroatoms. The summed E-state index contributed by atoms with van der Waals surface area (Å²) in [6.07, 6.45) is 5.28. The Morgan fingerprint density at radius 2 is 2.03 bits per heavy atom. The Kier molecular flexibility index (Phi) is 3.56. The van der Waals surface area contributed by atoms with Gasteiger partial charge in [-0.15, -0.1) is 0 Å². The van der Waals surface area contributed by atoms with Crippen LogP contribution in [0.4, 0.5) is 0 Å². The fraction of sp³-hybridized carbons (Fsp3) is 0.261. The number of amides is 1. The maximum atomic E-state index is 13.1. The number of ether oxygens (including phenoxy) is 1. The summed E-state index contributed by atoms with van der Waals surface area (Å²) in [7, 11) is 1.94. The van der Waals surface area contributed by atoms with Gasteiger partial charge in [0.15, 0.2) is 0 Å². The maximum absolute atomic E-state index is 13.1. The summed E-state index contributed by atoms with van der Waals surface area (Å²) >= 11 is 0. The second-order valence-corrected chi connectivity index (χ2v) is 8.12. The van der Waals surface area contributed by atoms with Crippen molar-refractivity contribution in [3.05, 3.63) is 66.0 Å². The van der Waals surface area contributed by atoms with Crippen molar-refractivity contribution >= 4 is 16.8 Å². The van der Waals surface area contributed by atoms with Gasteiger partial charge in [0.05, 0.1) is 11.7 Å². The molecule has 2 aromatic heterocycles. The van der Waals surface area contributed by atoms with Crippen molar-refractivity contribution in [3.8, 4) is 17.0 Å². The molecular formula is C23H23N5O2. The van der Waals surface area contributed by atoms with Crippen molar-refractivity contribution in [1.82, 2.24) is 24.9 Å². The Morgan fingerprint density at radius 3 is 2.90 bits per heavy atom. The van der Waals surface area contributed by atoms with Gasteiger partial charge in [0.1, 0.15) is 17.0 Å². The van der Waals surface area contributed by atoms with Gasteiger partial charge in [0.25, 0.3) is 5.91 Å². The van der Waals surface area contributed by atoms with Crippen LogP contribution in [0.1, 0.15) is 30.2 Å². The number of carbonyl (C=O) groups excluding carboxylic acids is 1. The molecule has 1 saturated heterocycles. The van der Waals surface area contributed by atoms with E-state index in [1.54, 1.807) is 6.20 Å². The average molecular weight is 401 g/mol. The highest BCUT2D eigenvalue weighted by molar-refractivity contribution is 5.98. The highest BCUT2D eigenvalue weighted by Gasteiger charge is 2.45. The quantitative estimate of drug-likeness (QED) is 0.527. The number of carbonyl (C=O) groups is 1. The Morgan fingerprint density at radius 1 is 1.20 bits per heavy atom. The van der Waals surface area contributed by atoms with Gasteiger partial charge in [-0.2, -0.15) is 10.2 Å². The minimum absolute atomic E-state index is 0. The van der Waals surface area contributed by atoms with Gasteiger partial charge in [0.2, 0.25) is 0 Å². The molecule has 1 spiro atoms. The maximum Gasteiger partial charge on any atom is 0.253 e. The van der Waals surface area contributed by atoms with Gasteiger partial charge in [-0.1, -0.05) is 12.1 Å². The number of aryl methyl sites for hydroxylation is 1. The summed E-state index contributed by atoms with van der Waals surface area (Å²) in [4.78, 5) is 15.0. The first kappa shape index (κ1) is 17.3. The zero-order valence-electron chi connectivity index (χ0n) is 16.6. The first-order valence-corrected chi connectivity index (χ1v) is 10.2. The van der Waals surface area contributed by atoms with Gasteiger partial charge >= 0.3 is 0 Å². The highest BCUT2D eigenvalue weighted by atomic mass is 16.5. The topological polar surface area (TPSA) is 76.0 Å². The number of nitrogens with one attached hydrogen (secondary N) is 1. The van der Waals surface area contributed by atoms with Crippen LogP contribution < -0.4 is 4.74 Å². The van der Waals surface area contributed by atoms with Crippen molar-refractivity contribution in [3.63, 3.8) is 0 Å². The number of piperidine rings is 1. The van der Waals surface area contributed by atoms with E-state index in [4.69, 9.17) is 9.84 Å². The average Bonchev–Trinajstić information content (AvgIpc) is 3.40. The van der Waals surface area contributed by atoms with Crippen LogP contribution in [0.25, 0.3) is 22.2 Å². The Hall–Kier alpha value is -3.61. The summed E-state index contributed by atoms with van der Waals surface area (Å²) in [6, 6.07) is 13.7. The van der Waals surface area contributed by atoms with E-state index in [1.165, 1.54) is 0 Å². The monoisotopic (exact) mass is 401 g/mol. The van der Waals surface area contributed by atoms with Gasteiger partial charge in [-0.3, -0.25) is 14.6 Å². The Labute approximate surface area is 174 Å². The predicted molar refractivity (Wildman–Crippen MR) is 114 cm³/mol. The summed E-state index contributed by atoms with van der Waals surface area (Å²) in [5.74, 6) is 0.921. The van der Waals surface area contributed by atoms with E-state index < -0.39 is 5.60 Å². The number of likely N-dealkylation sites (tertiary alicyclic amines) is 1. The SMILES string of the molecule is Cn1cc2c(n1)-c1ccccc1OC21CCN(C(=O)c2ccc3[nH]ncc3c2)CC1.[HH]. The van der Waals surface area contributed by atoms with Crippen LogP contribution in [0.15, 0.2) is 54.9 Å². The smallest absolute Gasteiger partial charge is 0.253 e. The third kappa shape index (κ3) is 2.48. The van der Waals surface area contributed by atoms with E-state index in [0.717, 1.165) is 46.3 Å². The van der Waals surface area contributed by atoms with Crippen LogP contribution in [0.5, 0.6) is 5.75 Å². The molecular weight excluding hydrogens is 378 g/mol. The molecule has 152 valence electrons. The Bertz CT molecular complexity index is 1290. The number of benzene rings is 2. The van der Waals surface area contributed by atoms with Gasteiger partial charge in [0, 0.05) is 62.7 Å². The lowest BCUT2D eigenvalue weighted by Crippen LogP contribution is -2.48. The molecule has 0 radical (unpaired) electrons. The largest absolute Gasteiger partial charge is 0.482 e.